The number of benzene rings is 2. The maximum Gasteiger partial charge on any atom is 0.336 e. The summed E-state index contributed by atoms with van der Waals surface area (Å²) in [6.07, 6.45) is 1.54. The van der Waals surface area contributed by atoms with Crippen LogP contribution in [0.1, 0.15) is 27.3 Å². The van der Waals surface area contributed by atoms with E-state index in [2.05, 4.69) is 16.0 Å². The van der Waals surface area contributed by atoms with Crippen molar-refractivity contribution in [1.82, 2.24) is 9.97 Å². The summed E-state index contributed by atoms with van der Waals surface area (Å²) in [6, 6.07) is 14.4. The molecule has 3 aromatic rings. The number of carbonyl (C=O) groups is 1. The van der Waals surface area contributed by atoms with Crippen molar-refractivity contribution in [2.75, 3.05) is 0 Å². The molecule has 5 nitrogen and oxygen atoms in total. The second-order valence-corrected chi connectivity index (χ2v) is 5.17. The van der Waals surface area contributed by atoms with Crippen molar-refractivity contribution in [3.63, 3.8) is 0 Å². The molecule has 23 heavy (non-hydrogen) atoms. The van der Waals surface area contributed by atoms with Crippen molar-refractivity contribution in [2.45, 2.75) is 6.92 Å². The van der Waals surface area contributed by atoms with Crippen molar-refractivity contribution in [2.24, 2.45) is 0 Å². The minimum Gasteiger partial charge on any atom is -0.478 e. The first-order valence-corrected chi connectivity index (χ1v) is 6.99. The van der Waals surface area contributed by atoms with Gasteiger partial charge in [0.2, 0.25) is 0 Å². The number of fused-ring (bicyclic) bond motifs is 1. The van der Waals surface area contributed by atoms with Crippen LogP contribution in [-0.2, 0) is 0 Å². The van der Waals surface area contributed by atoms with Gasteiger partial charge in [-0.25, -0.2) is 9.78 Å². The molecule has 1 heterocycles. The Balaban J connectivity index is 2.12. The number of nitrogens with zero attached hydrogens (tertiary/aromatic N) is 2. The highest BCUT2D eigenvalue weighted by molar-refractivity contribution is 5.97. The van der Waals surface area contributed by atoms with E-state index in [1.54, 1.807) is 18.2 Å². The number of rotatable bonds is 3. The number of aryl methyl sites for hydroxylation is 1. The third-order valence-corrected chi connectivity index (χ3v) is 3.50. The fourth-order valence-electron chi connectivity index (χ4n) is 2.38. The lowest BCUT2D eigenvalue weighted by Crippen LogP contribution is -1.99. The second kappa shape index (κ2) is 5.78. The van der Waals surface area contributed by atoms with E-state index in [1.165, 1.54) is 12.1 Å². The smallest absolute Gasteiger partial charge is 0.336 e. The van der Waals surface area contributed by atoms with Gasteiger partial charge in [0.1, 0.15) is 11.9 Å². The summed E-state index contributed by atoms with van der Waals surface area (Å²) in [5, 5.41) is 18.7. The molecule has 3 rings (SSSR count). The van der Waals surface area contributed by atoms with Gasteiger partial charge in [-0.05, 0) is 42.3 Å². The molecule has 0 amide bonds. The number of nitriles is 1. The number of hydrogen-bond acceptors (Lipinski definition) is 3. The highest BCUT2D eigenvalue weighted by Crippen LogP contribution is 2.21. The quantitative estimate of drug-likeness (QED) is 0.723. The highest BCUT2D eigenvalue weighted by atomic mass is 16.4. The van der Waals surface area contributed by atoms with Gasteiger partial charge in [0.05, 0.1) is 22.2 Å². The fraction of sp³-hybridized carbons (Fsp3) is 0.0556. The van der Waals surface area contributed by atoms with Crippen molar-refractivity contribution in [3.05, 3.63) is 65.0 Å². The van der Waals surface area contributed by atoms with Gasteiger partial charge in [0, 0.05) is 0 Å². The number of aromatic carboxylic acids is 1. The summed E-state index contributed by atoms with van der Waals surface area (Å²) in [6.45, 7) is 1.98. The molecule has 2 N–H and O–H groups in total. The van der Waals surface area contributed by atoms with Crippen LogP contribution in [0.4, 0.5) is 0 Å². The topological polar surface area (TPSA) is 89.8 Å². The average molecular weight is 303 g/mol. The molecule has 0 saturated carbocycles. The Hall–Kier alpha value is -3.39. The molecule has 0 aliphatic carbocycles. The number of aromatic amines is 1. The number of nitrogens with one attached hydrogen (secondary N) is 1. The summed E-state index contributed by atoms with van der Waals surface area (Å²) in [5.41, 5.74) is 3.59. The molecule has 0 aliphatic heterocycles. The summed E-state index contributed by atoms with van der Waals surface area (Å²) < 4.78 is 0. The van der Waals surface area contributed by atoms with Crippen LogP contribution in [0.15, 0.2) is 42.5 Å². The van der Waals surface area contributed by atoms with Crippen LogP contribution in [0.5, 0.6) is 0 Å². The highest BCUT2D eigenvalue weighted by Gasteiger charge is 2.11. The van der Waals surface area contributed by atoms with Gasteiger partial charge in [-0.1, -0.05) is 24.3 Å². The number of hydrogen-bond donors (Lipinski definition) is 2. The first kappa shape index (κ1) is 14.5. The van der Waals surface area contributed by atoms with Gasteiger partial charge >= 0.3 is 5.97 Å². The van der Waals surface area contributed by atoms with Crippen molar-refractivity contribution < 1.29 is 9.90 Å². The predicted octanol–water partition coefficient (Wildman–Crippen LogP) is 3.63. The van der Waals surface area contributed by atoms with E-state index in [9.17, 15) is 15.2 Å². The lowest BCUT2D eigenvalue weighted by atomic mass is 10.0. The molecule has 0 aliphatic rings. The largest absolute Gasteiger partial charge is 0.478 e. The number of carboxylic acids is 1. The normalized spacial score (nSPS) is 11.4. The van der Waals surface area contributed by atoms with E-state index in [0.29, 0.717) is 11.4 Å². The Bertz CT molecular complexity index is 977. The molecule has 1 aromatic heterocycles. The van der Waals surface area contributed by atoms with Crippen LogP contribution in [0.3, 0.4) is 0 Å². The van der Waals surface area contributed by atoms with Gasteiger partial charge < -0.3 is 10.1 Å². The summed E-state index contributed by atoms with van der Waals surface area (Å²) in [5.74, 6) is -0.609. The van der Waals surface area contributed by atoms with Crippen molar-refractivity contribution in [1.29, 1.82) is 5.26 Å². The molecule has 0 saturated heterocycles. The number of carboxylic acid groups (broad SMARTS) is 1. The van der Waals surface area contributed by atoms with E-state index < -0.39 is 5.97 Å². The first-order valence-electron chi connectivity index (χ1n) is 6.99. The van der Waals surface area contributed by atoms with E-state index in [4.69, 9.17) is 0 Å². The molecule has 0 spiro atoms. The lowest BCUT2D eigenvalue weighted by Gasteiger charge is -2.01. The maximum atomic E-state index is 11.3. The minimum atomic E-state index is -1.03. The molecule has 5 heteroatoms. The Morgan fingerprint density at radius 2 is 2.09 bits per heavy atom. The molecule has 0 unspecified atom stereocenters. The fourth-order valence-corrected chi connectivity index (χ4v) is 2.38. The summed E-state index contributed by atoms with van der Waals surface area (Å²) in [4.78, 5) is 18.8. The molecular weight excluding hydrogens is 290 g/mol. The van der Waals surface area contributed by atoms with Crippen LogP contribution in [-0.4, -0.2) is 21.0 Å². The van der Waals surface area contributed by atoms with E-state index in [1.807, 2.05) is 25.1 Å². The third kappa shape index (κ3) is 2.83. The van der Waals surface area contributed by atoms with Gasteiger partial charge in [-0.2, -0.15) is 5.26 Å². The van der Waals surface area contributed by atoms with Gasteiger partial charge in [0.15, 0.2) is 0 Å². The first-order chi connectivity index (χ1) is 11.1. The van der Waals surface area contributed by atoms with Crippen LogP contribution >= 0.6 is 0 Å². The van der Waals surface area contributed by atoms with E-state index in [-0.39, 0.29) is 11.1 Å². The zero-order chi connectivity index (χ0) is 16.4. The maximum absolute atomic E-state index is 11.3. The summed E-state index contributed by atoms with van der Waals surface area (Å²) in [7, 11) is 0. The Kier molecular flexibility index (Phi) is 3.65. The predicted molar refractivity (Wildman–Crippen MR) is 87.7 cm³/mol. The zero-order valence-corrected chi connectivity index (χ0v) is 12.4. The van der Waals surface area contributed by atoms with Crippen molar-refractivity contribution in [3.8, 4) is 6.07 Å². The molecule has 0 atom stereocenters. The third-order valence-electron chi connectivity index (χ3n) is 3.50. The van der Waals surface area contributed by atoms with E-state index in [0.717, 1.165) is 16.6 Å². The van der Waals surface area contributed by atoms with Gasteiger partial charge in [-0.3, -0.25) is 0 Å². The molecule has 0 bridgehead atoms. The van der Waals surface area contributed by atoms with Crippen LogP contribution in [0.25, 0.3) is 22.7 Å². The molecular formula is C18H13N3O2. The summed E-state index contributed by atoms with van der Waals surface area (Å²) >= 11 is 0. The second-order valence-electron chi connectivity index (χ2n) is 5.17. The number of allylic oxidation sites excluding steroid dienone is 1. The number of aromatic nitrogens is 2. The van der Waals surface area contributed by atoms with Gasteiger partial charge in [-0.15, -0.1) is 0 Å². The number of imidazole rings is 1. The molecule has 0 fully saturated rings. The Labute approximate surface area is 132 Å². The molecule has 0 radical (unpaired) electrons. The van der Waals surface area contributed by atoms with Crippen LogP contribution in [0, 0.1) is 18.3 Å². The van der Waals surface area contributed by atoms with Crippen molar-refractivity contribution >= 4 is 28.7 Å². The average Bonchev–Trinajstić information content (AvgIpc) is 2.95. The molecule has 2 aromatic carbocycles. The SMILES string of the molecule is Cc1ccc2nc(/C(C#N)=C/c3ccccc3C(=O)O)[nH]c2c1. The number of H-pyrrole nitrogens is 1. The van der Waals surface area contributed by atoms with E-state index >= 15 is 0 Å². The monoisotopic (exact) mass is 303 g/mol. The lowest BCUT2D eigenvalue weighted by molar-refractivity contribution is 0.0696. The van der Waals surface area contributed by atoms with Crippen LogP contribution in [0.2, 0.25) is 0 Å². The van der Waals surface area contributed by atoms with Gasteiger partial charge in [0.25, 0.3) is 0 Å². The molecule has 112 valence electrons. The standard InChI is InChI=1S/C18H13N3O2/c1-11-6-7-15-16(8-11)21-17(20-15)13(10-19)9-12-4-2-3-5-14(12)18(22)23/h2-9H,1H3,(H,20,21)(H,22,23)/b13-9+. The Morgan fingerprint density at radius 1 is 1.30 bits per heavy atom. The zero-order valence-electron chi connectivity index (χ0n) is 12.4. The Morgan fingerprint density at radius 3 is 2.83 bits per heavy atom. The minimum absolute atomic E-state index is 0.146. The van der Waals surface area contributed by atoms with Crippen LogP contribution < -0.4 is 0 Å².